The lowest BCUT2D eigenvalue weighted by Crippen LogP contribution is -3.00. The number of rotatable bonds is 4. The molecule has 1 aromatic rings. The van der Waals surface area contributed by atoms with Gasteiger partial charge >= 0.3 is 6.09 Å². The molecular formula is C15H25ClN4O2. The molecular weight excluding hydrogens is 304 g/mol. The van der Waals surface area contributed by atoms with Crippen molar-refractivity contribution < 1.29 is 26.9 Å². The van der Waals surface area contributed by atoms with Crippen LogP contribution in [0.4, 0.5) is 22.1 Å². The van der Waals surface area contributed by atoms with Crippen molar-refractivity contribution in [1.82, 2.24) is 0 Å². The van der Waals surface area contributed by atoms with Crippen molar-refractivity contribution in [3.05, 3.63) is 12.1 Å². The van der Waals surface area contributed by atoms with Crippen LogP contribution in [-0.2, 0) is 4.74 Å². The van der Waals surface area contributed by atoms with Gasteiger partial charge in [-0.25, -0.2) is 9.78 Å². The number of nitrogen functional groups attached to an aromatic ring is 1. The second-order valence-electron chi connectivity index (χ2n) is 5.38. The number of hydrogen-bond acceptors (Lipinski definition) is 4. The number of ether oxygens (including phenoxy) is 1. The van der Waals surface area contributed by atoms with Crippen molar-refractivity contribution in [3.63, 3.8) is 0 Å². The van der Waals surface area contributed by atoms with E-state index in [1.54, 1.807) is 13.0 Å². The van der Waals surface area contributed by atoms with Crippen molar-refractivity contribution in [2.75, 3.05) is 23.0 Å². The molecule has 0 bridgehead atoms. The molecule has 0 radical (unpaired) electrons. The molecule has 2 rings (SSSR count). The minimum absolute atomic E-state index is 0. The van der Waals surface area contributed by atoms with Gasteiger partial charge < -0.3 is 28.2 Å². The number of amides is 1. The van der Waals surface area contributed by atoms with Crippen molar-refractivity contribution >= 4 is 23.4 Å². The molecule has 1 fully saturated rings. The van der Waals surface area contributed by atoms with Crippen LogP contribution in [0.5, 0.6) is 0 Å². The van der Waals surface area contributed by atoms with E-state index in [1.165, 1.54) is 38.5 Å². The van der Waals surface area contributed by atoms with Gasteiger partial charge in [-0.3, -0.25) is 5.32 Å². The Labute approximate surface area is 137 Å². The maximum Gasteiger partial charge on any atom is 0.411 e. The van der Waals surface area contributed by atoms with E-state index >= 15 is 0 Å². The minimum atomic E-state index is -0.498. The molecule has 0 unspecified atom stereocenters. The summed E-state index contributed by atoms with van der Waals surface area (Å²) in [4.78, 5) is 14.5. The van der Waals surface area contributed by atoms with E-state index in [2.05, 4.69) is 15.6 Å². The molecule has 1 aliphatic rings. The Bertz CT molecular complexity index is 477. The van der Waals surface area contributed by atoms with E-state index in [9.17, 15) is 4.79 Å². The number of halogens is 1. The first-order valence-corrected chi connectivity index (χ1v) is 7.71. The smallest absolute Gasteiger partial charge is 0.411 e. The summed E-state index contributed by atoms with van der Waals surface area (Å²) in [6, 6.07) is 4.16. The van der Waals surface area contributed by atoms with Crippen molar-refractivity contribution in [2.24, 2.45) is 0 Å². The first-order valence-electron chi connectivity index (χ1n) is 7.71. The number of hydrogen-bond donors (Lipinski definition) is 3. The topological polar surface area (TPSA) is 90.5 Å². The maximum atomic E-state index is 11.4. The minimum Gasteiger partial charge on any atom is -1.00 e. The second-order valence-corrected chi connectivity index (χ2v) is 5.38. The van der Waals surface area contributed by atoms with Crippen LogP contribution in [-0.4, -0.2) is 18.7 Å². The van der Waals surface area contributed by atoms with Crippen LogP contribution in [0.2, 0.25) is 0 Å². The number of aromatic amines is 1. The molecule has 22 heavy (non-hydrogen) atoms. The predicted molar refractivity (Wildman–Crippen MR) is 83.2 cm³/mol. The second kappa shape index (κ2) is 9.35. The molecule has 5 N–H and O–H groups in total. The van der Waals surface area contributed by atoms with Crippen molar-refractivity contribution in [1.29, 1.82) is 0 Å². The fraction of sp³-hybridized carbons (Fsp3) is 0.600. The zero-order valence-corrected chi connectivity index (χ0v) is 13.7. The van der Waals surface area contributed by atoms with Crippen LogP contribution < -0.4 is 33.8 Å². The number of anilines is 3. The first-order chi connectivity index (χ1) is 10.2. The Kier molecular flexibility index (Phi) is 7.80. The van der Waals surface area contributed by atoms with Gasteiger partial charge in [-0.2, -0.15) is 0 Å². The molecule has 124 valence electrons. The van der Waals surface area contributed by atoms with E-state index in [0.717, 1.165) is 5.82 Å². The fourth-order valence-corrected chi connectivity index (χ4v) is 2.62. The maximum absolute atomic E-state index is 11.4. The van der Waals surface area contributed by atoms with Crippen LogP contribution in [0.3, 0.4) is 0 Å². The van der Waals surface area contributed by atoms with Crippen molar-refractivity contribution in [3.8, 4) is 0 Å². The number of nitrogens with two attached hydrogens (primary N) is 1. The van der Waals surface area contributed by atoms with Crippen LogP contribution >= 0.6 is 0 Å². The monoisotopic (exact) mass is 328 g/mol. The van der Waals surface area contributed by atoms with Gasteiger partial charge in [0.25, 0.3) is 0 Å². The largest absolute Gasteiger partial charge is 1.00 e. The highest BCUT2D eigenvalue weighted by Crippen LogP contribution is 2.21. The van der Waals surface area contributed by atoms with Gasteiger partial charge in [0.1, 0.15) is 5.69 Å². The molecule has 0 atom stereocenters. The molecule has 1 aliphatic carbocycles. The molecule has 0 spiro atoms. The summed E-state index contributed by atoms with van der Waals surface area (Å²) in [5, 5.41) is 6.09. The Morgan fingerprint density at radius 2 is 2.00 bits per heavy atom. The first kappa shape index (κ1) is 18.4. The number of carbonyl (C=O) groups is 1. The third-order valence-electron chi connectivity index (χ3n) is 3.70. The number of nitrogens with one attached hydrogen (secondary N) is 3. The third kappa shape index (κ3) is 5.60. The average molecular weight is 329 g/mol. The summed E-state index contributed by atoms with van der Waals surface area (Å²) < 4.78 is 4.83. The fourth-order valence-electron chi connectivity index (χ4n) is 2.62. The zero-order chi connectivity index (χ0) is 15.1. The summed E-state index contributed by atoms with van der Waals surface area (Å²) in [5.74, 6) is 1.30. The highest BCUT2D eigenvalue weighted by Gasteiger charge is 2.16. The zero-order valence-electron chi connectivity index (χ0n) is 13.0. The van der Waals surface area contributed by atoms with Crippen LogP contribution in [0.1, 0.15) is 45.4 Å². The van der Waals surface area contributed by atoms with Gasteiger partial charge in [0, 0.05) is 6.07 Å². The third-order valence-corrected chi connectivity index (χ3v) is 3.70. The summed E-state index contributed by atoms with van der Waals surface area (Å²) in [6.07, 6.45) is 7.08. The summed E-state index contributed by atoms with van der Waals surface area (Å²) in [6.45, 7) is 2.09. The van der Waals surface area contributed by atoms with Gasteiger partial charge in [-0.15, -0.1) is 0 Å². The lowest BCUT2D eigenvalue weighted by atomic mass is 10.1. The van der Waals surface area contributed by atoms with E-state index in [1.807, 2.05) is 6.07 Å². The quantitative estimate of drug-likeness (QED) is 0.667. The molecule has 1 saturated carbocycles. The number of carbonyl (C=O) groups excluding carboxylic acids is 1. The molecule has 1 amide bonds. The van der Waals surface area contributed by atoms with Gasteiger partial charge in [0.2, 0.25) is 11.6 Å². The highest BCUT2D eigenvalue weighted by molar-refractivity contribution is 5.87. The normalized spacial score (nSPS) is 15.3. The lowest BCUT2D eigenvalue weighted by molar-refractivity contribution is -0.342. The van der Waals surface area contributed by atoms with Crippen molar-refractivity contribution in [2.45, 2.75) is 51.5 Å². The van der Waals surface area contributed by atoms with Gasteiger partial charge in [0.05, 0.1) is 12.6 Å². The van der Waals surface area contributed by atoms with Gasteiger partial charge in [-0.1, -0.05) is 25.7 Å². The van der Waals surface area contributed by atoms with E-state index in [4.69, 9.17) is 10.5 Å². The highest BCUT2D eigenvalue weighted by atomic mass is 35.5. The number of pyridine rings is 1. The lowest BCUT2D eigenvalue weighted by Gasteiger charge is -2.13. The number of H-pyrrole nitrogens is 1. The molecule has 0 saturated heterocycles. The molecule has 0 aliphatic heterocycles. The summed E-state index contributed by atoms with van der Waals surface area (Å²) in [7, 11) is 0. The predicted octanol–water partition coefficient (Wildman–Crippen LogP) is -0.210. The van der Waals surface area contributed by atoms with E-state index < -0.39 is 6.09 Å². The molecule has 0 aromatic carbocycles. The molecule has 7 heteroatoms. The SMILES string of the molecule is CCOC(=O)Nc1ccc(NC2CCCCCC2)[nH+]c1N.[Cl-]. The summed E-state index contributed by atoms with van der Waals surface area (Å²) in [5.41, 5.74) is 6.46. The van der Waals surface area contributed by atoms with Crippen LogP contribution in [0, 0.1) is 0 Å². The molecule has 6 nitrogen and oxygen atoms in total. The number of aromatic nitrogens is 1. The van der Waals surface area contributed by atoms with Gasteiger partial charge in [-0.05, 0) is 25.8 Å². The standard InChI is InChI=1S/C15H24N4O2.ClH/c1-2-21-15(20)18-12-9-10-13(19-14(12)16)17-11-7-5-3-4-6-8-11;/h9-11H,2-8H2,1H3,(H,18,20)(H3,16,17,19);1H. The Morgan fingerprint density at radius 1 is 1.32 bits per heavy atom. The van der Waals surface area contributed by atoms with E-state index in [-0.39, 0.29) is 12.4 Å². The average Bonchev–Trinajstić information content (AvgIpc) is 2.71. The van der Waals surface area contributed by atoms with Crippen LogP contribution in [0.25, 0.3) is 0 Å². The Hall–Kier alpha value is -1.69. The Balaban J connectivity index is 0.00000242. The van der Waals surface area contributed by atoms with Gasteiger partial charge in [0.15, 0.2) is 0 Å². The summed E-state index contributed by atoms with van der Waals surface area (Å²) >= 11 is 0. The molecule has 1 aromatic heterocycles. The molecule has 1 heterocycles. The van der Waals surface area contributed by atoms with Crippen LogP contribution in [0.15, 0.2) is 12.1 Å². The van der Waals surface area contributed by atoms with E-state index in [0.29, 0.717) is 24.2 Å². The Morgan fingerprint density at radius 3 is 2.59 bits per heavy atom.